The van der Waals surface area contributed by atoms with E-state index in [1.165, 1.54) is 6.07 Å². The van der Waals surface area contributed by atoms with E-state index in [-0.39, 0.29) is 5.91 Å². The van der Waals surface area contributed by atoms with Gasteiger partial charge in [-0.05, 0) is 50.7 Å². The molecule has 0 spiro atoms. The van der Waals surface area contributed by atoms with Crippen molar-refractivity contribution in [2.24, 2.45) is 0 Å². The number of halogens is 1. The lowest BCUT2D eigenvalue weighted by Crippen LogP contribution is -2.21. The van der Waals surface area contributed by atoms with Crippen LogP contribution in [0.25, 0.3) is 11.1 Å². The number of carbonyl (C=O) groups is 1. The lowest BCUT2D eigenvalue weighted by Gasteiger charge is -2.19. The van der Waals surface area contributed by atoms with Crippen molar-refractivity contribution in [1.82, 2.24) is 15.1 Å². The molecule has 33 heavy (non-hydrogen) atoms. The molecule has 2 aromatic carbocycles. The number of ether oxygens (including phenoxy) is 2. The number of aromatic amines is 1. The zero-order valence-corrected chi connectivity index (χ0v) is 19.5. The summed E-state index contributed by atoms with van der Waals surface area (Å²) in [6.45, 7) is 3.22. The topological polar surface area (TPSA) is 79.5 Å². The van der Waals surface area contributed by atoms with Crippen LogP contribution in [-0.4, -0.2) is 55.4 Å². The van der Waals surface area contributed by atoms with Crippen LogP contribution in [0.5, 0.6) is 11.5 Å². The number of methoxy groups -OCH3 is 1. The molecule has 0 bridgehead atoms. The van der Waals surface area contributed by atoms with E-state index in [1.807, 2.05) is 45.3 Å². The average Bonchev–Trinajstić information content (AvgIpc) is 3.33. The van der Waals surface area contributed by atoms with Gasteiger partial charge in [0.2, 0.25) is 5.91 Å². The molecule has 3 rings (SSSR count). The molecule has 1 atom stereocenters. The van der Waals surface area contributed by atoms with Crippen LogP contribution in [0.3, 0.4) is 0 Å². The third kappa shape index (κ3) is 6.32. The number of benzene rings is 2. The maximum atomic E-state index is 15.0. The molecule has 0 saturated carbocycles. The average molecular weight is 455 g/mol. The Hall–Kier alpha value is -3.39. The van der Waals surface area contributed by atoms with Crippen LogP contribution in [0.4, 0.5) is 10.1 Å². The van der Waals surface area contributed by atoms with Crippen molar-refractivity contribution in [3.63, 3.8) is 0 Å². The Labute approximate surface area is 193 Å². The zero-order valence-electron chi connectivity index (χ0n) is 19.5. The normalized spacial score (nSPS) is 11.9. The van der Waals surface area contributed by atoms with Crippen LogP contribution in [-0.2, 0) is 4.79 Å². The van der Waals surface area contributed by atoms with E-state index in [1.54, 1.807) is 25.6 Å². The highest BCUT2D eigenvalue weighted by Crippen LogP contribution is 2.35. The first-order valence-corrected chi connectivity index (χ1v) is 11.0. The molecule has 1 heterocycles. The number of hydrogen-bond donors (Lipinski definition) is 2. The van der Waals surface area contributed by atoms with Gasteiger partial charge in [0.15, 0.2) is 0 Å². The van der Waals surface area contributed by atoms with Crippen molar-refractivity contribution in [3.05, 3.63) is 60.2 Å². The number of H-pyrrole nitrogens is 1. The van der Waals surface area contributed by atoms with Gasteiger partial charge in [0.25, 0.3) is 0 Å². The van der Waals surface area contributed by atoms with Gasteiger partial charge in [0, 0.05) is 29.9 Å². The molecular formula is C25H31FN4O3. The van der Waals surface area contributed by atoms with Gasteiger partial charge in [-0.3, -0.25) is 9.89 Å². The number of nitrogens with zero attached hydrogens (tertiary/aromatic N) is 2. The first kappa shape index (κ1) is 24.3. The van der Waals surface area contributed by atoms with Gasteiger partial charge in [0.05, 0.1) is 31.5 Å². The third-order valence-corrected chi connectivity index (χ3v) is 5.36. The summed E-state index contributed by atoms with van der Waals surface area (Å²) in [5, 5.41) is 9.47. The van der Waals surface area contributed by atoms with Gasteiger partial charge in [-0.25, -0.2) is 4.39 Å². The van der Waals surface area contributed by atoms with Crippen molar-refractivity contribution in [2.45, 2.75) is 25.7 Å². The highest BCUT2D eigenvalue weighted by atomic mass is 19.1. The Bertz CT molecular complexity index is 1050. The molecule has 176 valence electrons. The smallest absolute Gasteiger partial charge is 0.232 e. The fourth-order valence-corrected chi connectivity index (χ4v) is 3.60. The lowest BCUT2D eigenvalue weighted by molar-refractivity contribution is -0.117. The number of hydrogen-bond acceptors (Lipinski definition) is 5. The number of rotatable bonds is 11. The van der Waals surface area contributed by atoms with Gasteiger partial charge >= 0.3 is 0 Å². The molecule has 0 aliphatic heterocycles. The Kier molecular flexibility index (Phi) is 8.43. The Morgan fingerprint density at radius 3 is 2.76 bits per heavy atom. The summed E-state index contributed by atoms with van der Waals surface area (Å²) in [5.74, 6) is -0.0289. The van der Waals surface area contributed by atoms with Crippen molar-refractivity contribution >= 4 is 11.6 Å². The van der Waals surface area contributed by atoms with E-state index in [0.29, 0.717) is 41.3 Å². The number of anilines is 1. The predicted octanol–water partition coefficient (Wildman–Crippen LogP) is 4.69. The van der Waals surface area contributed by atoms with Crippen LogP contribution < -0.4 is 14.8 Å². The van der Waals surface area contributed by atoms with Crippen molar-refractivity contribution in [3.8, 4) is 22.6 Å². The van der Waals surface area contributed by atoms with Crippen LogP contribution >= 0.6 is 0 Å². The highest BCUT2D eigenvalue weighted by molar-refractivity contribution is 5.97. The standard InChI is InChI=1S/C25H31FN4O3/c1-5-20(17-8-6-9-19(12-17)32-4)25(31)29-23-14-22(26)21(18-15-27-28-16-18)13-24(23)33-11-7-10-30(2)3/h6,8-9,12-16,20H,5,7,10-11H2,1-4H3,(H,27,28)(H,29,31). The van der Waals surface area contributed by atoms with Crippen LogP contribution in [0.2, 0.25) is 0 Å². The Balaban J connectivity index is 1.87. The number of aromatic nitrogens is 2. The maximum absolute atomic E-state index is 15.0. The highest BCUT2D eigenvalue weighted by Gasteiger charge is 2.22. The van der Waals surface area contributed by atoms with Crippen LogP contribution in [0.15, 0.2) is 48.8 Å². The summed E-state index contributed by atoms with van der Waals surface area (Å²) in [4.78, 5) is 15.3. The summed E-state index contributed by atoms with van der Waals surface area (Å²) in [7, 11) is 5.57. The van der Waals surface area contributed by atoms with Gasteiger partial charge in [-0.2, -0.15) is 5.10 Å². The second-order valence-electron chi connectivity index (χ2n) is 8.05. The van der Waals surface area contributed by atoms with Gasteiger partial charge in [-0.1, -0.05) is 19.1 Å². The minimum absolute atomic E-state index is 0.237. The van der Waals surface area contributed by atoms with E-state index in [0.717, 1.165) is 18.5 Å². The quantitative estimate of drug-likeness (QED) is 0.411. The van der Waals surface area contributed by atoms with Gasteiger partial charge < -0.3 is 19.7 Å². The predicted molar refractivity (Wildman–Crippen MR) is 127 cm³/mol. The Morgan fingerprint density at radius 2 is 2.09 bits per heavy atom. The van der Waals surface area contributed by atoms with Crippen LogP contribution in [0, 0.1) is 5.82 Å². The van der Waals surface area contributed by atoms with Crippen molar-refractivity contribution in [1.29, 1.82) is 0 Å². The summed E-state index contributed by atoms with van der Waals surface area (Å²) >= 11 is 0. The van der Waals surface area contributed by atoms with E-state index in [2.05, 4.69) is 20.4 Å². The molecule has 7 nitrogen and oxygen atoms in total. The minimum atomic E-state index is -0.471. The van der Waals surface area contributed by atoms with Crippen LogP contribution in [0.1, 0.15) is 31.2 Å². The van der Waals surface area contributed by atoms with E-state index >= 15 is 0 Å². The zero-order chi connectivity index (χ0) is 23.8. The molecule has 0 radical (unpaired) electrons. The van der Waals surface area contributed by atoms with Gasteiger partial charge in [-0.15, -0.1) is 0 Å². The maximum Gasteiger partial charge on any atom is 0.232 e. The third-order valence-electron chi connectivity index (χ3n) is 5.36. The summed E-state index contributed by atoms with van der Waals surface area (Å²) in [6.07, 6.45) is 4.53. The van der Waals surface area contributed by atoms with Gasteiger partial charge in [0.1, 0.15) is 17.3 Å². The molecule has 0 saturated heterocycles. The minimum Gasteiger partial charge on any atom is -0.497 e. The SMILES string of the molecule is CCC(C(=O)Nc1cc(F)c(-c2cn[nH]c2)cc1OCCCN(C)C)c1cccc(OC)c1. The first-order valence-electron chi connectivity index (χ1n) is 11.0. The van der Waals surface area contributed by atoms with E-state index in [4.69, 9.17) is 9.47 Å². The fraction of sp³-hybridized carbons (Fsp3) is 0.360. The molecule has 0 aliphatic rings. The second kappa shape index (κ2) is 11.5. The van der Waals surface area contributed by atoms with Crippen molar-refractivity contribution in [2.75, 3.05) is 39.7 Å². The Morgan fingerprint density at radius 1 is 1.27 bits per heavy atom. The van der Waals surface area contributed by atoms with E-state index in [9.17, 15) is 9.18 Å². The number of nitrogens with one attached hydrogen (secondary N) is 2. The first-order chi connectivity index (χ1) is 15.9. The second-order valence-corrected chi connectivity index (χ2v) is 8.05. The lowest BCUT2D eigenvalue weighted by atomic mass is 9.95. The molecule has 1 amide bonds. The molecule has 0 aliphatic carbocycles. The van der Waals surface area contributed by atoms with Crippen molar-refractivity contribution < 1.29 is 18.7 Å². The molecule has 2 N–H and O–H groups in total. The molecule has 0 fully saturated rings. The summed E-state index contributed by atoms with van der Waals surface area (Å²) in [6, 6.07) is 10.3. The molecular weight excluding hydrogens is 423 g/mol. The largest absolute Gasteiger partial charge is 0.497 e. The summed E-state index contributed by atoms with van der Waals surface area (Å²) in [5.41, 5.74) is 2.09. The summed E-state index contributed by atoms with van der Waals surface area (Å²) < 4.78 is 26.2. The number of amides is 1. The number of carbonyl (C=O) groups excluding carboxylic acids is 1. The van der Waals surface area contributed by atoms with E-state index < -0.39 is 11.7 Å². The molecule has 8 heteroatoms. The fourth-order valence-electron chi connectivity index (χ4n) is 3.60. The molecule has 1 aromatic heterocycles. The molecule has 3 aromatic rings. The molecule has 1 unspecified atom stereocenters. The monoisotopic (exact) mass is 454 g/mol.